The molecule has 1 saturated heterocycles. The van der Waals surface area contributed by atoms with Gasteiger partial charge in [0.2, 0.25) is 5.91 Å². The normalized spacial score (nSPS) is 21.2. The van der Waals surface area contributed by atoms with Crippen LogP contribution in [-0.4, -0.2) is 41.1 Å². The van der Waals surface area contributed by atoms with Crippen LogP contribution < -0.4 is 5.32 Å². The molecule has 0 aromatic heterocycles. The quantitative estimate of drug-likeness (QED) is 0.867. The van der Waals surface area contributed by atoms with Gasteiger partial charge >= 0.3 is 6.09 Å². The van der Waals surface area contributed by atoms with E-state index in [1.54, 1.807) is 27.7 Å². The Kier molecular flexibility index (Phi) is 5.84. The maximum Gasteiger partial charge on any atom is 0.408 e. The Labute approximate surface area is 122 Å². The summed E-state index contributed by atoms with van der Waals surface area (Å²) in [5.74, 6) is -0.0117. The molecule has 2 atom stereocenters. The van der Waals surface area contributed by atoms with Crippen molar-refractivity contribution < 1.29 is 14.3 Å². The summed E-state index contributed by atoms with van der Waals surface area (Å²) in [5.41, 5.74) is -0.552. The average molecular weight is 284 g/mol. The molecule has 5 heteroatoms. The van der Waals surface area contributed by atoms with E-state index in [1.807, 2.05) is 4.90 Å². The molecule has 1 aliphatic heterocycles. The number of likely N-dealkylation sites (tertiary alicyclic amines) is 1. The third kappa shape index (κ3) is 5.02. The highest BCUT2D eigenvalue weighted by Crippen LogP contribution is 2.20. The van der Waals surface area contributed by atoms with Crippen molar-refractivity contribution in [3.63, 3.8) is 0 Å². The van der Waals surface area contributed by atoms with E-state index in [1.165, 1.54) is 6.42 Å². The van der Waals surface area contributed by atoms with Gasteiger partial charge in [0.25, 0.3) is 0 Å². The van der Waals surface area contributed by atoms with Crippen molar-refractivity contribution in [2.24, 2.45) is 0 Å². The number of carbonyl (C=O) groups is 2. The molecule has 1 fully saturated rings. The molecule has 0 bridgehead atoms. The maximum atomic E-state index is 12.4. The van der Waals surface area contributed by atoms with Crippen LogP contribution in [0, 0.1) is 0 Å². The van der Waals surface area contributed by atoms with E-state index in [0.717, 1.165) is 25.8 Å². The van der Waals surface area contributed by atoms with Gasteiger partial charge in [0.15, 0.2) is 0 Å². The summed E-state index contributed by atoms with van der Waals surface area (Å²) in [6, 6.07) is -0.240. The van der Waals surface area contributed by atoms with Gasteiger partial charge in [-0.3, -0.25) is 4.79 Å². The van der Waals surface area contributed by atoms with Crippen LogP contribution in [-0.2, 0) is 9.53 Å². The molecular weight excluding hydrogens is 256 g/mol. The predicted molar refractivity (Wildman–Crippen MR) is 78.5 cm³/mol. The summed E-state index contributed by atoms with van der Waals surface area (Å²) in [7, 11) is 0. The van der Waals surface area contributed by atoms with Gasteiger partial charge in [-0.1, -0.05) is 6.92 Å². The number of nitrogens with one attached hydrogen (secondary N) is 1. The van der Waals surface area contributed by atoms with Gasteiger partial charge in [0, 0.05) is 12.6 Å². The third-order valence-corrected chi connectivity index (χ3v) is 3.49. The second-order valence-corrected chi connectivity index (χ2v) is 6.46. The Morgan fingerprint density at radius 3 is 2.55 bits per heavy atom. The first kappa shape index (κ1) is 16.8. The van der Waals surface area contributed by atoms with Crippen molar-refractivity contribution >= 4 is 12.0 Å². The molecule has 0 aliphatic carbocycles. The number of nitrogens with zero attached hydrogens (tertiary/aromatic N) is 1. The van der Waals surface area contributed by atoms with E-state index in [2.05, 4.69) is 12.2 Å². The molecule has 0 aromatic carbocycles. The predicted octanol–water partition coefficient (Wildman–Crippen LogP) is 2.69. The largest absolute Gasteiger partial charge is 0.444 e. The van der Waals surface area contributed by atoms with Crippen molar-refractivity contribution in [3.05, 3.63) is 0 Å². The number of piperidine rings is 1. The fraction of sp³-hybridized carbons (Fsp3) is 0.867. The zero-order valence-corrected chi connectivity index (χ0v) is 13.4. The zero-order chi connectivity index (χ0) is 15.3. The first-order chi connectivity index (χ1) is 9.24. The van der Waals surface area contributed by atoms with Crippen LogP contribution in [0.4, 0.5) is 4.79 Å². The second kappa shape index (κ2) is 6.95. The van der Waals surface area contributed by atoms with E-state index < -0.39 is 17.7 Å². The minimum Gasteiger partial charge on any atom is -0.444 e. The molecule has 0 radical (unpaired) electrons. The molecule has 0 aromatic rings. The smallest absolute Gasteiger partial charge is 0.408 e. The molecule has 2 unspecified atom stereocenters. The number of hydrogen-bond donors (Lipinski definition) is 1. The lowest BCUT2D eigenvalue weighted by Gasteiger charge is -2.37. The molecule has 2 amide bonds. The van der Waals surface area contributed by atoms with E-state index in [0.29, 0.717) is 6.04 Å². The van der Waals surface area contributed by atoms with Crippen LogP contribution in [0.25, 0.3) is 0 Å². The first-order valence-electron chi connectivity index (χ1n) is 7.54. The summed E-state index contributed by atoms with van der Waals surface area (Å²) in [6.07, 6.45) is 3.70. The summed E-state index contributed by atoms with van der Waals surface area (Å²) in [6.45, 7) is 10.0. The minimum absolute atomic E-state index is 0.0117. The lowest BCUT2D eigenvalue weighted by Crippen LogP contribution is -2.52. The van der Waals surface area contributed by atoms with Crippen LogP contribution in [0.2, 0.25) is 0 Å². The summed E-state index contributed by atoms with van der Waals surface area (Å²) in [4.78, 5) is 26.0. The van der Waals surface area contributed by atoms with E-state index in [4.69, 9.17) is 4.74 Å². The van der Waals surface area contributed by atoms with Crippen molar-refractivity contribution in [1.29, 1.82) is 0 Å². The Bertz CT molecular complexity index is 350. The van der Waals surface area contributed by atoms with E-state index >= 15 is 0 Å². The van der Waals surface area contributed by atoms with E-state index in [9.17, 15) is 9.59 Å². The maximum absolute atomic E-state index is 12.4. The number of carbonyl (C=O) groups excluding carboxylic acids is 2. The molecule has 1 rings (SSSR count). The molecule has 116 valence electrons. The van der Waals surface area contributed by atoms with Gasteiger partial charge in [-0.05, 0) is 53.4 Å². The lowest BCUT2D eigenvalue weighted by atomic mass is 9.99. The van der Waals surface area contributed by atoms with Crippen LogP contribution in [0.15, 0.2) is 0 Å². The highest BCUT2D eigenvalue weighted by molar-refractivity contribution is 5.85. The average Bonchev–Trinajstić information content (AvgIpc) is 2.35. The number of hydrogen-bond acceptors (Lipinski definition) is 3. The highest BCUT2D eigenvalue weighted by Gasteiger charge is 2.30. The molecule has 1 aliphatic rings. The Hall–Kier alpha value is -1.26. The van der Waals surface area contributed by atoms with E-state index in [-0.39, 0.29) is 5.91 Å². The van der Waals surface area contributed by atoms with Crippen molar-refractivity contribution in [3.8, 4) is 0 Å². The fourth-order valence-corrected chi connectivity index (χ4v) is 2.51. The molecule has 0 saturated carbocycles. The van der Waals surface area contributed by atoms with Crippen molar-refractivity contribution in [2.45, 2.75) is 78.0 Å². The minimum atomic E-state index is -0.552. The zero-order valence-electron chi connectivity index (χ0n) is 13.4. The van der Waals surface area contributed by atoms with Gasteiger partial charge in [-0.2, -0.15) is 0 Å². The highest BCUT2D eigenvalue weighted by atomic mass is 16.6. The van der Waals surface area contributed by atoms with Crippen LogP contribution >= 0.6 is 0 Å². The van der Waals surface area contributed by atoms with Crippen LogP contribution in [0.3, 0.4) is 0 Å². The Morgan fingerprint density at radius 2 is 2.00 bits per heavy atom. The number of alkyl carbamates (subject to hydrolysis) is 1. The molecule has 1 heterocycles. The van der Waals surface area contributed by atoms with Crippen molar-refractivity contribution in [2.75, 3.05) is 6.54 Å². The summed E-state index contributed by atoms with van der Waals surface area (Å²) in [5, 5.41) is 2.63. The summed E-state index contributed by atoms with van der Waals surface area (Å²) >= 11 is 0. The van der Waals surface area contributed by atoms with Gasteiger partial charge < -0.3 is 15.0 Å². The Balaban J connectivity index is 2.55. The van der Waals surface area contributed by atoms with Crippen molar-refractivity contribution in [1.82, 2.24) is 10.2 Å². The number of ether oxygens (including phenoxy) is 1. The SMILES string of the molecule is CCC1CCCCN1C(=O)C(C)NC(=O)OC(C)(C)C. The molecule has 5 nitrogen and oxygen atoms in total. The monoisotopic (exact) mass is 284 g/mol. The van der Waals surface area contributed by atoms with Gasteiger partial charge in [-0.15, -0.1) is 0 Å². The third-order valence-electron chi connectivity index (χ3n) is 3.49. The molecule has 20 heavy (non-hydrogen) atoms. The fourth-order valence-electron chi connectivity index (χ4n) is 2.51. The van der Waals surface area contributed by atoms with Gasteiger partial charge in [-0.25, -0.2) is 4.79 Å². The van der Waals surface area contributed by atoms with Crippen LogP contribution in [0.1, 0.15) is 60.3 Å². The van der Waals surface area contributed by atoms with Gasteiger partial charge in [0.05, 0.1) is 0 Å². The van der Waals surface area contributed by atoms with Crippen LogP contribution in [0.5, 0.6) is 0 Å². The number of rotatable bonds is 3. The standard InChI is InChI=1S/C15H28N2O3/c1-6-12-9-7-8-10-17(12)13(18)11(2)16-14(19)20-15(3,4)5/h11-12H,6-10H2,1-5H3,(H,16,19). The molecule has 0 spiro atoms. The second-order valence-electron chi connectivity index (χ2n) is 6.46. The Morgan fingerprint density at radius 1 is 1.35 bits per heavy atom. The molecule has 1 N–H and O–H groups in total. The first-order valence-corrected chi connectivity index (χ1v) is 7.54. The topological polar surface area (TPSA) is 58.6 Å². The lowest BCUT2D eigenvalue weighted by molar-refractivity contribution is -0.136. The van der Waals surface area contributed by atoms with Gasteiger partial charge in [0.1, 0.15) is 11.6 Å². The summed E-state index contributed by atoms with van der Waals surface area (Å²) < 4.78 is 5.18. The molecular formula is C15H28N2O3. The number of amides is 2.